The van der Waals surface area contributed by atoms with Gasteiger partial charge in [0.15, 0.2) is 0 Å². The number of rotatable bonds is 6. The van der Waals surface area contributed by atoms with E-state index in [1.54, 1.807) is 11.8 Å². The van der Waals surface area contributed by atoms with Crippen LogP contribution < -0.4 is 10.6 Å². The maximum Gasteiger partial charge on any atom is 0.229 e. The van der Waals surface area contributed by atoms with Gasteiger partial charge in [-0.05, 0) is 31.0 Å². The summed E-state index contributed by atoms with van der Waals surface area (Å²) in [7, 11) is 5.81. The third kappa shape index (κ3) is 4.57. The second kappa shape index (κ2) is 7.42. The van der Waals surface area contributed by atoms with Gasteiger partial charge in [0.05, 0.1) is 6.54 Å². The van der Waals surface area contributed by atoms with Gasteiger partial charge in [0, 0.05) is 25.5 Å². The van der Waals surface area contributed by atoms with Gasteiger partial charge >= 0.3 is 0 Å². The lowest BCUT2D eigenvalue weighted by atomic mass is 10.2. The van der Waals surface area contributed by atoms with Gasteiger partial charge in [-0.1, -0.05) is 12.1 Å². The first-order chi connectivity index (χ1) is 10.5. The van der Waals surface area contributed by atoms with Gasteiger partial charge < -0.3 is 10.6 Å². The minimum absolute atomic E-state index is 0.256. The summed E-state index contributed by atoms with van der Waals surface area (Å²) in [5.74, 6) is 1.52. The van der Waals surface area contributed by atoms with E-state index in [1.165, 1.54) is 10.5 Å². The minimum atomic E-state index is 0.256. The highest BCUT2D eigenvalue weighted by Gasteiger charge is 2.09. The van der Waals surface area contributed by atoms with Crippen molar-refractivity contribution in [3.05, 3.63) is 35.7 Å². The largest absolute Gasteiger partial charge is 0.368 e. The zero-order valence-electron chi connectivity index (χ0n) is 13.4. The predicted octanol–water partition coefficient (Wildman–Crippen LogP) is 1.87. The van der Waals surface area contributed by atoms with Gasteiger partial charge in [0.1, 0.15) is 5.82 Å². The zero-order valence-corrected chi connectivity index (χ0v) is 14.3. The van der Waals surface area contributed by atoms with Gasteiger partial charge in [-0.2, -0.15) is 15.0 Å². The first kappa shape index (κ1) is 16.5. The van der Waals surface area contributed by atoms with E-state index >= 15 is 0 Å². The van der Waals surface area contributed by atoms with Crippen LogP contribution in [-0.2, 0) is 13.1 Å². The Balaban J connectivity index is 2.03. The molecule has 0 spiro atoms. The molecule has 2 N–H and O–H groups in total. The highest BCUT2D eigenvalue weighted by Crippen LogP contribution is 2.16. The Morgan fingerprint density at radius 1 is 1.00 bits per heavy atom. The van der Waals surface area contributed by atoms with E-state index in [1.807, 2.05) is 26.0 Å². The minimum Gasteiger partial charge on any atom is -0.368 e. The van der Waals surface area contributed by atoms with Crippen molar-refractivity contribution in [3.8, 4) is 0 Å². The molecule has 7 heteroatoms. The second-order valence-electron chi connectivity index (χ2n) is 5.32. The van der Waals surface area contributed by atoms with Gasteiger partial charge in [-0.3, -0.25) is 4.90 Å². The Bertz CT molecular complexity index is 614. The lowest BCUT2D eigenvalue weighted by Gasteiger charge is -2.17. The Morgan fingerprint density at radius 3 is 2.27 bits per heavy atom. The van der Waals surface area contributed by atoms with E-state index in [0.717, 1.165) is 6.54 Å². The highest BCUT2D eigenvalue weighted by atomic mass is 32.2. The molecule has 0 aliphatic heterocycles. The molecule has 0 unspecified atom stereocenters. The van der Waals surface area contributed by atoms with E-state index in [4.69, 9.17) is 5.73 Å². The molecule has 0 saturated carbocycles. The molecule has 2 rings (SSSR count). The third-order valence-electron chi connectivity index (χ3n) is 3.11. The molecule has 1 aromatic carbocycles. The smallest absolute Gasteiger partial charge is 0.229 e. The summed E-state index contributed by atoms with van der Waals surface area (Å²) in [5.41, 5.74) is 7.01. The number of nitrogen functional groups attached to an aromatic ring is 1. The van der Waals surface area contributed by atoms with Gasteiger partial charge in [-0.15, -0.1) is 11.8 Å². The quantitative estimate of drug-likeness (QED) is 0.815. The van der Waals surface area contributed by atoms with Crippen molar-refractivity contribution in [1.82, 2.24) is 19.9 Å². The summed E-state index contributed by atoms with van der Waals surface area (Å²) < 4.78 is 0. The van der Waals surface area contributed by atoms with Crippen molar-refractivity contribution in [2.45, 2.75) is 18.0 Å². The summed E-state index contributed by atoms with van der Waals surface area (Å²) in [6.07, 6.45) is 2.08. The molecular weight excluding hydrogens is 296 g/mol. The molecule has 0 bridgehead atoms. The number of hydrogen-bond donors (Lipinski definition) is 1. The molecule has 0 saturated heterocycles. The molecular formula is C15H22N6S. The third-order valence-corrected chi connectivity index (χ3v) is 3.85. The number of nitrogens with zero attached hydrogens (tertiary/aromatic N) is 5. The molecule has 0 aliphatic rings. The fourth-order valence-corrected chi connectivity index (χ4v) is 2.44. The van der Waals surface area contributed by atoms with E-state index in [9.17, 15) is 0 Å². The molecule has 0 radical (unpaired) electrons. The fourth-order valence-electron chi connectivity index (χ4n) is 2.04. The first-order valence-electron chi connectivity index (χ1n) is 6.97. The van der Waals surface area contributed by atoms with Crippen LogP contribution in [0, 0.1) is 0 Å². The normalized spacial score (nSPS) is 11.0. The lowest BCUT2D eigenvalue weighted by molar-refractivity contribution is 0.310. The van der Waals surface area contributed by atoms with Crippen LogP contribution in [0.25, 0.3) is 0 Å². The van der Waals surface area contributed by atoms with Crippen LogP contribution in [0.5, 0.6) is 0 Å². The van der Waals surface area contributed by atoms with Crippen LogP contribution in [0.15, 0.2) is 29.2 Å². The van der Waals surface area contributed by atoms with Crippen LogP contribution in [0.2, 0.25) is 0 Å². The molecule has 22 heavy (non-hydrogen) atoms. The van der Waals surface area contributed by atoms with Crippen molar-refractivity contribution in [3.63, 3.8) is 0 Å². The molecule has 118 valence electrons. The van der Waals surface area contributed by atoms with Crippen LogP contribution in [0.1, 0.15) is 11.4 Å². The summed E-state index contributed by atoms with van der Waals surface area (Å²) in [6.45, 7) is 1.45. The number of anilines is 2. The topological polar surface area (TPSA) is 71.2 Å². The predicted molar refractivity (Wildman–Crippen MR) is 92.0 cm³/mol. The zero-order chi connectivity index (χ0) is 16.1. The summed E-state index contributed by atoms with van der Waals surface area (Å²) >= 11 is 1.75. The van der Waals surface area contributed by atoms with Gasteiger partial charge in [0.25, 0.3) is 0 Å². The SMILES string of the molecule is CSc1ccc(CN(C)Cc2nc(N)nc(N(C)C)n2)cc1. The molecule has 0 amide bonds. The standard InChI is InChI=1S/C15H22N6S/c1-20(2)15-18-13(17-14(16)19-15)10-21(3)9-11-5-7-12(22-4)8-6-11/h5-8H,9-10H2,1-4H3,(H2,16,17,18,19). The molecule has 0 fully saturated rings. The lowest BCUT2D eigenvalue weighted by Crippen LogP contribution is -2.22. The van der Waals surface area contributed by atoms with E-state index < -0.39 is 0 Å². The molecule has 2 aromatic rings. The molecule has 1 aromatic heterocycles. The summed E-state index contributed by atoms with van der Waals surface area (Å²) in [5, 5.41) is 0. The maximum atomic E-state index is 5.75. The van der Waals surface area contributed by atoms with Gasteiger partial charge in [-0.25, -0.2) is 0 Å². The Labute approximate surface area is 135 Å². The Hall–Kier alpha value is -1.86. The van der Waals surface area contributed by atoms with Crippen molar-refractivity contribution >= 4 is 23.7 Å². The monoisotopic (exact) mass is 318 g/mol. The van der Waals surface area contributed by atoms with Crippen molar-refractivity contribution in [2.75, 3.05) is 38.0 Å². The summed E-state index contributed by atoms with van der Waals surface area (Å²) in [6, 6.07) is 8.57. The van der Waals surface area contributed by atoms with Gasteiger partial charge in [0.2, 0.25) is 11.9 Å². The number of hydrogen-bond acceptors (Lipinski definition) is 7. The molecule has 6 nitrogen and oxygen atoms in total. The fraction of sp³-hybridized carbons (Fsp3) is 0.400. The van der Waals surface area contributed by atoms with E-state index in [2.05, 4.69) is 50.4 Å². The molecule has 0 aliphatic carbocycles. The number of benzene rings is 1. The first-order valence-corrected chi connectivity index (χ1v) is 8.19. The molecule has 1 heterocycles. The van der Waals surface area contributed by atoms with Crippen LogP contribution >= 0.6 is 11.8 Å². The van der Waals surface area contributed by atoms with Crippen molar-refractivity contribution in [1.29, 1.82) is 0 Å². The average molecular weight is 318 g/mol. The second-order valence-corrected chi connectivity index (χ2v) is 6.20. The number of thioether (sulfide) groups is 1. The number of aromatic nitrogens is 3. The maximum absolute atomic E-state index is 5.75. The van der Waals surface area contributed by atoms with Crippen LogP contribution in [0.3, 0.4) is 0 Å². The summed E-state index contributed by atoms with van der Waals surface area (Å²) in [4.78, 5) is 18.0. The van der Waals surface area contributed by atoms with Crippen molar-refractivity contribution < 1.29 is 0 Å². The number of nitrogens with two attached hydrogens (primary N) is 1. The van der Waals surface area contributed by atoms with E-state index in [0.29, 0.717) is 18.3 Å². The van der Waals surface area contributed by atoms with Crippen molar-refractivity contribution in [2.24, 2.45) is 0 Å². The Kier molecular flexibility index (Phi) is 5.57. The van der Waals surface area contributed by atoms with Crippen LogP contribution in [-0.4, -0.2) is 47.3 Å². The average Bonchev–Trinajstić information content (AvgIpc) is 2.47. The molecule has 0 atom stereocenters. The van der Waals surface area contributed by atoms with Crippen LogP contribution in [0.4, 0.5) is 11.9 Å². The van der Waals surface area contributed by atoms with E-state index in [-0.39, 0.29) is 5.95 Å². The highest BCUT2D eigenvalue weighted by molar-refractivity contribution is 7.98. The Morgan fingerprint density at radius 2 is 1.68 bits per heavy atom.